The largest absolute Gasteiger partial charge is 0.469 e. The number of nitrogens with one attached hydrogen (secondary N) is 1. The van der Waals surface area contributed by atoms with Crippen LogP contribution in [0.2, 0.25) is 0 Å². The van der Waals surface area contributed by atoms with E-state index in [0.29, 0.717) is 13.0 Å². The highest BCUT2D eigenvalue weighted by Gasteiger charge is 2.35. The number of amides is 1. The van der Waals surface area contributed by atoms with Crippen LogP contribution < -0.4 is 5.32 Å². The molecular weight excluding hydrogens is 248 g/mol. The molecule has 0 aromatic rings. The van der Waals surface area contributed by atoms with Gasteiger partial charge in [-0.2, -0.15) is 0 Å². The van der Waals surface area contributed by atoms with Crippen molar-refractivity contribution in [2.45, 2.75) is 38.8 Å². The lowest BCUT2D eigenvalue weighted by Crippen LogP contribution is -2.53. The molecule has 0 aromatic carbocycles. The van der Waals surface area contributed by atoms with Crippen molar-refractivity contribution in [2.75, 3.05) is 27.2 Å². The van der Waals surface area contributed by atoms with Crippen LogP contribution in [0.25, 0.3) is 0 Å². The molecule has 0 spiro atoms. The number of hydrogen-bond acceptors (Lipinski definition) is 5. The second-order valence-corrected chi connectivity index (χ2v) is 5.93. The van der Waals surface area contributed by atoms with E-state index >= 15 is 0 Å². The molecule has 1 heterocycles. The molecule has 0 unspecified atom stereocenters. The van der Waals surface area contributed by atoms with E-state index in [1.807, 2.05) is 7.05 Å². The van der Waals surface area contributed by atoms with Crippen LogP contribution in [-0.2, 0) is 14.3 Å². The Bertz CT molecular complexity index is 338. The van der Waals surface area contributed by atoms with Gasteiger partial charge in [-0.1, -0.05) is 0 Å². The van der Waals surface area contributed by atoms with Crippen molar-refractivity contribution in [3.8, 4) is 0 Å². The van der Waals surface area contributed by atoms with Gasteiger partial charge in [-0.15, -0.1) is 0 Å². The molecule has 0 saturated carbocycles. The summed E-state index contributed by atoms with van der Waals surface area (Å²) in [6.07, 6.45) is 0.214. The number of ether oxygens (including phenoxy) is 2. The number of esters is 1. The Hall–Kier alpha value is -1.30. The van der Waals surface area contributed by atoms with Gasteiger partial charge in [0.2, 0.25) is 0 Å². The van der Waals surface area contributed by atoms with Crippen molar-refractivity contribution in [1.82, 2.24) is 10.2 Å². The Morgan fingerprint density at radius 1 is 1.32 bits per heavy atom. The first-order valence-corrected chi connectivity index (χ1v) is 6.49. The lowest BCUT2D eigenvalue weighted by atomic mass is 9.92. The third-order valence-corrected chi connectivity index (χ3v) is 3.02. The minimum Gasteiger partial charge on any atom is -0.469 e. The van der Waals surface area contributed by atoms with Crippen LogP contribution in [-0.4, -0.2) is 55.9 Å². The van der Waals surface area contributed by atoms with Crippen LogP contribution >= 0.6 is 0 Å². The Labute approximate surface area is 114 Å². The number of hydrogen-bond donors (Lipinski definition) is 1. The average molecular weight is 272 g/mol. The van der Waals surface area contributed by atoms with Gasteiger partial charge in [-0.3, -0.25) is 4.79 Å². The molecule has 6 heteroatoms. The van der Waals surface area contributed by atoms with Gasteiger partial charge in [-0.25, -0.2) is 4.79 Å². The first-order valence-electron chi connectivity index (χ1n) is 6.49. The molecule has 1 aliphatic rings. The Balaban J connectivity index is 2.63. The molecule has 1 rings (SSSR count). The highest BCUT2D eigenvalue weighted by Crippen LogP contribution is 2.18. The van der Waals surface area contributed by atoms with E-state index in [2.05, 4.69) is 10.2 Å². The van der Waals surface area contributed by atoms with Crippen molar-refractivity contribution in [3.63, 3.8) is 0 Å². The van der Waals surface area contributed by atoms with Crippen LogP contribution in [0.4, 0.5) is 4.79 Å². The number of rotatable bonds is 2. The number of alkyl carbamates (subject to hydrolysis) is 1. The molecule has 0 bridgehead atoms. The van der Waals surface area contributed by atoms with E-state index in [-0.39, 0.29) is 17.9 Å². The summed E-state index contributed by atoms with van der Waals surface area (Å²) in [5, 5.41) is 2.77. The number of methoxy groups -OCH3 is 1. The van der Waals surface area contributed by atoms with E-state index in [9.17, 15) is 9.59 Å². The standard InChI is InChI=1S/C13H24N2O4/c1-13(2,3)19-12(17)14-10-6-7-15(4)8-9(10)11(16)18-5/h9-10H,6-8H2,1-5H3,(H,14,17)/t9-,10-/m1/s1. The van der Waals surface area contributed by atoms with Crippen molar-refractivity contribution < 1.29 is 19.1 Å². The quantitative estimate of drug-likeness (QED) is 0.760. The highest BCUT2D eigenvalue weighted by molar-refractivity contribution is 5.75. The normalized spacial score (nSPS) is 24.7. The lowest BCUT2D eigenvalue weighted by molar-refractivity contribution is -0.148. The minimum atomic E-state index is -0.545. The highest BCUT2D eigenvalue weighted by atomic mass is 16.6. The third-order valence-electron chi connectivity index (χ3n) is 3.02. The zero-order chi connectivity index (χ0) is 14.6. The summed E-state index contributed by atoms with van der Waals surface area (Å²) < 4.78 is 10.0. The molecule has 110 valence electrons. The van der Waals surface area contributed by atoms with Gasteiger partial charge < -0.3 is 19.7 Å². The van der Waals surface area contributed by atoms with Crippen LogP contribution in [0.5, 0.6) is 0 Å². The lowest BCUT2D eigenvalue weighted by Gasteiger charge is -2.35. The van der Waals surface area contributed by atoms with E-state index in [0.717, 1.165) is 6.54 Å². The number of nitrogens with zero attached hydrogens (tertiary/aromatic N) is 1. The van der Waals surface area contributed by atoms with E-state index < -0.39 is 11.7 Å². The fraction of sp³-hybridized carbons (Fsp3) is 0.846. The van der Waals surface area contributed by atoms with Gasteiger partial charge in [-0.05, 0) is 40.8 Å². The maximum atomic E-state index is 11.8. The zero-order valence-corrected chi connectivity index (χ0v) is 12.4. The van der Waals surface area contributed by atoms with Crippen LogP contribution in [0, 0.1) is 5.92 Å². The van der Waals surface area contributed by atoms with Crippen molar-refractivity contribution in [3.05, 3.63) is 0 Å². The molecule has 1 N–H and O–H groups in total. The van der Waals surface area contributed by atoms with E-state index in [1.54, 1.807) is 20.8 Å². The van der Waals surface area contributed by atoms with Gasteiger partial charge in [0.1, 0.15) is 5.60 Å². The van der Waals surface area contributed by atoms with Crippen molar-refractivity contribution in [1.29, 1.82) is 0 Å². The predicted molar refractivity (Wildman–Crippen MR) is 70.8 cm³/mol. The van der Waals surface area contributed by atoms with Gasteiger partial charge in [0.15, 0.2) is 0 Å². The smallest absolute Gasteiger partial charge is 0.407 e. The molecule has 1 amide bonds. The number of carbonyl (C=O) groups excluding carboxylic acids is 2. The second kappa shape index (κ2) is 6.23. The van der Waals surface area contributed by atoms with Gasteiger partial charge in [0.25, 0.3) is 0 Å². The van der Waals surface area contributed by atoms with E-state index in [1.165, 1.54) is 7.11 Å². The maximum absolute atomic E-state index is 11.8. The van der Waals surface area contributed by atoms with Gasteiger partial charge in [0.05, 0.1) is 13.0 Å². The average Bonchev–Trinajstić information content (AvgIpc) is 2.28. The number of likely N-dealkylation sites (tertiary alicyclic amines) is 1. The van der Waals surface area contributed by atoms with Gasteiger partial charge in [0, 0.05) is 12.6 Å². The van der Waals surface area contributed by atoms with Crippen molar-refractivity contribution in [2.24, 2.45) is 5.92 Å². The topological polar surface area (TPSA) is 67.9 Å². The fourth-order valence-corrected chi connectivity index (χ4v) is 2.14. The van der Waals surface area contributed by atoms with Crippen LogP contribution in [0.1, 0.15) is 27.2 Å². The summed E-state index contributed by atoms with van der Waals surface area (Å²) in [6, 6.07) is -0.238. The van der Waals surface area contributed by atoms with Crippen LogP contribution in [0.3, 0.4) is 0 Å². The second-order valence-electron chi connectivity index (χ2n) is 5.93. The maximum Gasteiger partial charge on any atom is 0.407 e. The molecule has 1 saturated heterocycles. The predicted octanol–water partition coefficient (Wildman–Crippen LogP) is 1.00. The molecule has 19 heavy (non-hydrogen) atoms. The Morgan fingerprint density at radius 3 is 2.47 bits per heavy atom. The first-order chi connectivity index (χ1) is 8.73. The fourth-order valence-electron chi connectivity index (χ4n) is 2.14. The zero-order valence-electron chi connectivity index (χ0n) is 12.4. The van der Waals surface area contributed by atoms with E-state index in [4.69, 9.17) is 9.47 Å². The molecule has 6 nitrogen and oxygen atoms in total. The Kier molecular flexibility index (Phi) is 5.17. The molecule has 1 aliphatic heterocycles. The summed E-state index contributed by atoms with van der Waals surface area (Å²) in [6.45, 7) is 6.82. The molecular formula is C13H24N2O4. The third kappa shape index (κ3) is 5.06. The molecule has 0 aromatic heterocycles. The van der Waals surface area contributed by atoms with Crippen molar-refractivity contribution >= 4 is 12.1 Å². The molecule has 0 aliphatic carbocycles. The number of carbonyl (C=O) groups is 2. The Morgan fingerprint density at radius 2 is 1.95 bits per heavy atom. The summed E-state index contributed by atoms with van der Waals surface area (Å²) in [7, 11) is 3.31. The summed E-state index contributed by atoms with van der Waals surface area (Å²) in [5.74, 6) is -0.649. The summed E-state index contributed by atoms with van der Waals surface area (Å²) in [4.78, 5) is 25.6. The van der Waals surface area contributed by atoms with Gasteiger partial charge >= 0.3 is 12.1 Å². The summed E-state index contributed by atoms with van der Waals surface area (Å²) in [5.41, 5.74) is -0.545. The first kappa shape index (κ1) is 15.8. The molecule has 1 fully saturated rings. The molecule has 0 radical (unpaired) electrons. The number of piperidine rings is 1. The van der Waals surface area contributed by atoms with Crippen LogP contribution in [0.15, 0.2) is 0 Å². The SMILES string of the molecule is COC(=O)[C@@H]1CN(C)CC[C@H]1NC(=O)OC(C)(C)C. The summed E-state index contributed by atoms with van der Waals surface area (Å²) >= 11 is 0. The minimum absolute atomic E-state index is 0.238. The monoisotopic (exact) mass is 272 g/mol. The molecule has 2 atom stereocenters.